The van der Waals surface area contributed by atoms with Crippen LogP contribution < -0.4 is 15.5 Å². The highest BCUT2D eigenvalue weighted by Crippen LogP contribution is 2.35. The lowest BCUT2D eigenvalue weighted by atomic mass is 10.0. The number of aliphatic hydroxyl groups excluding tert-OH is 1. The van der Waals surface area contributed by atoms with E-state index in [1.165, 1.54) is 0 Å². The first-order chi connectivity index (χ1) is 18.0. The van der Waals surface area contributed by atoms with E-state index in [9.17, 15) is 9.90 Å². The topological polar surface area (TPSA) is 105 Å². The molecule has 2 atom stereocenters. The number of anilines is 3. The third-order valence-electron chi connectivity index (χ3n) is 6.50. The number of nitrogens with zero attached hydrogens (tertiary/aromatic N) is 4. The zero-order valence-electron chi connectivity index (χ0n) is 20.6. The second-order valence-corrected chi connectivity index (χ2v) is 9.04. The minimum absolute atomic E-state index is 0.0367. The zero-order valence-corrected chi connectivity index (χ0v) is 20.6. The van der Waals surface area contributed by atoms with Crippen molar-refractivity contribution in [2.24, 2.45) is 0 Å². The zero-order chi connectivity index (χ0) is 25.8. The van der Waals surface area contributed by atoms with Gasteiger partial charge < -0.3 is 25.4 Å². The number of hydrogen-bond donors (Lipinski definition) is 2. The minimum Gasteiger partial charge on any atom is -0.399 e. The number of benzene rings is 3. The van der Waals surface area contributed by atoms with Crippen LogP contribution in [0.5, 0.6) is 0 Å². The number of nitrogens with two attached hydrogens (primary N) is 1. The lowest BCUT2D eigenvalue weighted by Gasteiger charge is -2.39. The molecule has 2 unspecified atom stereocenters. The highest BCUT2D eigenvalue weighted by atomic mass is 16.5. The molecule has 188 valence electrons. The number of aromatic nitrogens is 2. The van der Waals surface area contributed by atoms with Gasteiger partial charge in [0.15, 0.2) is 5.82 Å². The van der Waals surface area contributed by atoms with Crippen LogP contribution in [0.2, 0.25) is 0 Å². The first-order valence-corrected chi connectivity index (χ1v) is 12.1. The number of hydrogen-bond acceptors (Lipinski definition) is 7. The highest BCUT2D eigenvalue weighted by molar-refractivity contribution is 6.06. The summed E-state index contributed by atoms with van der Waals surface area (Å²) in [7, 11) is 1.76. The number of ether oxygens (including phenoxy) is 1. The van der Waals surface area contributed by atoms with Gasteiger partial charge in [-0.2, -0.15) is 0 Å². The van der Waals surface area contributed by atoms with Crippen molar-refractivity contribution in [3.63, 3.8) is 0 Å². The summed E-state index contributed by atoms with van der Waals surface area (Å²) in [4.78, 5) is 25.8. The van der Waals surface area contributed by atoms with Gasteiger partial charge in [-0.25, -0.2) is 9.97 Å². The first-order valence-electron chi connectivity index (χ1n) is 12.1. The fourth-order valence-electron chi connectivity index (χ4n) is 4.55. The first kappa shape index (κ1) is 24.4. The van der Waals surface area contributed by atoms with E-state index in [0.717, 1.165) is 22.5 Å². The fourth-order valence-corrected chi connectivity index (χ4v) is 4.55. The summed E-state index contributed by atoms with van der Waals surface area (Å²) >= 11 is 0. The van der Waals surface area contributed by atoms with Crippen LogP contribution in [0, 0.1) is 0 Å². The molecule has 0 aliphatic carbocycles. The van der Waals surface area contributed by atoms with Gasteiger partial charge in [0.25, 0.3) is 5.91 Å². The molecule has 3 N–H and O–H groups in total. The van der Waals surface area contributed by atoms with Crippen LogP contribution in [-0.2, 0) is 11.3 Å². The Bertz CT molecular complexity index is 1380. The van der Waals surface area contributed by atoms with Gasteiger partial charge in [0.05, 0.1) is 13.2 Å². The van der Waals surface area contributed by atoms with Gasteiger partial charge in [0.1, 0.15) is 12.2 Å². The van der Waals surface area contributed by atoms with Crippen LogP contribution in [0.4, 0.5) is 17.1 Å². The molecule has 1 saturated heterocycles. The third-order valence-corrected chi connectivity index (χ3v) is 6.50. The molecule has 1 fully saturated rings. The molecule has 0 radical (unpaired) electrons. The van der Waals surface area contributed by atoms with E-state index in [-0.39, 0.29) is 24.7 Å². The molecule has 1 amide bonds. The number of amides is 1. The van der Waals surface area contributed by atoms with Gasteiger partial charge >= 0.3 is 0 Å². The predicted octanol–water partition coefficient (Wildman–Crippen LogP) is 4.15. The molecule has 5 rings (SSSR count). The Labute approximate surface area is 216 Å². The standard InChI is InChI=1S/C29H29N5O3/c1-33(29(36)22-8-3-9-23(30)15-22)24-10-4-11-25(16-24)34-17-26(21-7-2-6-20(14-21)19-35)37-27(18-34)28-31-12-5-13-32-28/h2-16,26-27,35H,17-19,30H2,1H3. The molecule has 0 saturated carbocycles. The smallest absolute Gasteiger partial charge is 0.258 e. The SMILES string of the molecule is CN(C(=O)c1cccc(N)c1)c1cccc(N2CC(c3cccc(CO)c3)OC(c3ncccn3)C2)c1. The van der Waals surface area contributed by atoms with Gasteiger partial charge in [-0.15, -0.1) is 0 Å². The molecule has 1 aromatic heterocycles. The molecule has 0 spiro atoms. The Hall–Kier alpha value is -4.27. The van der Waals surface area contributed by atoms with Crippen LogP contribution in [-0.4, -0.2) is 41.1 Å². The van der Waals surface area contributed by atoms with Crippen molar-refractivity contribution in [2.75, 3.05) is 35.7 Å². The van der Waals surface area contributed by atoms with E-state index in [1.54, 1.807) is 54.7 Å². The van der Waals surface area contributed by atoms with Crippen molar-refractivity contribution in [1.29, 1.82) is 0 Å². The van der Waals surface area contributed by atoms with Crippen molar-refractivity contribution >= 4 is 23.0 Å². The average molecular weight is 496 g/mol. The number of morpholine rings is 1. The van der Waals surface area contributed by atoms with E-state index >= 15 is 0 Å². The van der Waals surface area contributed by atoms with E-state index in [1.807, 2.05) is 48.5 Å². The van der Waals surface area contributed by atoms with E-state index in [0.29, 0.717) is 30.2 Å². The van der Waals surface area contributed by atoms with E-state index < -0.39 is 0 Å². The fraction of sp³-hybridized carbons (Fsp3) is 0.207. The second-order valence-electron chi connectivity index (χ2n) is 9.04. The quantitative estimate of drug-likeness (QED) is 0.387. The van der Waals surface area contributed by atoms with Gasteiger partial charge in [-0.1, -0.05) is 36.4 Å². The molecule has 8 heteroatoms. The van der Waals surface area contributed by atoms with Gasteiger partial charge in [-0.3, -0.25) is 4.79 Å². The average Bonchev–Trinajstić information content (AvgIpc) is 2.96. The molecule has 3 aromatic carbocycles. The van der Waals surface area contributed by atoms with Crippen molar-refractivity contribution < 1.29 is 14.6 Å². The molecule has 1 aliphatic rings. The monoisotopic (exact) mass is 495 g/mol. The summed E-state index contributed by atoms with van der Waals surface area (Å²) in [6.07, 6.45) is 2.81. The molecule has 2 heterocycles. The number of aliphatic hydroxyl groups is 1. The Balaban J connectivity index is 1.45. The predicted molar refractivity (Wildman–Crippen MR) is 143 cm³/mol. The summed E-state index contributed by atoms with van der Waals surface area (Å²) < 4.78 is 6.47. The Morgan fingerprint density at radius 1 is 1.00 bits per heavy atom. The third kappa shape index (κ3) is 5.45. The summed E-state index contributed by atoms with van der Waals surface area (Å²) in [6, 6.07) is 24.4. The molecule has 1 aliphatic heterocycles. The number of nitrogen functional groups attached to an aromatic ring is 1. The van der Waals surface area contributed by atoms with Crippen LogP contribution in [0.25, 0.3) is 0 Å². The lowest BCUT2D eigenvalue weighted by molar-refractivity contribution is -0.0338. The van der Waals surface area contributed by atoms with Crippen LogP contribution in [0.3, 0.4) is 0 Å². The number of rotatable bonds is 6. The summed E-state index contributed by atoms with van der Waals surface area (Å²) in [5.41, 5.74) is 10.5. The van der Waals surface area contributed by atoms with Crippen molar-refractivity contribution in [3.05, 3.63) is 114 Å². The molecule has 37 heavy (non-hydrogen) atoms. The maximum absolute atomic E-state index is 13.1. The Kier molecular flexibility index (Phi) is 7.11. The molecular formula is C29H29N5O3. The number of carbonyl (C=O) groups is 1. The van der Waals surface area contributed by atoms with Gasteiger partial charge in [0.2, 0.25) is 0 Å². The largest absolute Gasteiger partial charge is 0.399 e. The molecular weight excluding hydrogens is 466 g/mol. The summed E-state index contributed by atoms with van der Waals surface area (Å²) in [5.74, 6) is 0.473. The van der Waals surface area contributed by atoms with Gasteiger partial charge in [0, 0.05) is 48.6 Å². The summed E-state index contributed by atoms with van der Waals surface area (Å²) in [6.45, 7) is 1.11. The maximum atomic E-state index is 13.1. The van der Waals surface area contributed by atoms with Crippen LogP contribution in [0.1, 0.15) is 39.5 Å². The van der Waals surface area contributed by atoms with Crippen molar-refractivity contribution in [2.45, 2.75) is 18.8 Å². The van der Waals surface area contributed by atoms with Crippen molar-refractivity contribution in [1.82, 2.24) is 9.97 Å². The van der Waals surface area contributed by atoms with Crippen molar-refractivity contribution in [3.8, 4) is 0 Å². The molecule has 0 bridgehead atoms. The molecule has 8 nitrogen and oxygen atoms in total. The Morgan fingerprint density at radius 2 is 1.76 bits per heavy atom. The number of carbonyl (C=O) groups excluding carboxylic acids is 1. The van der Waals surface area contributed by atoms with Crippen LogP contribution in [0.15, 0.2) is 91.3 Å². The van der Waals surface area contributed by atoms with E-state index in [4.69, 9.17) is 10.5 Å². The highest BCUT2D eigenvalue weighted by Gasteiger charge is 2.32. The molecule has 4 aromatic rings. The second kappa shape index (κ2) is 10.8. The lowest BCUT2D eigenvalue weighted by Crippen LogP contribution is -2.41. The maximum Gasteiger partial charge on any atom is 0.258 e. The van der Waals surface area contributed by atoms with Gasteiger partial charge in [-0.05, 0) is 53.6 Å². The van der Waals surface area contributed by atoms with E-state index in [2.05, 4.69) is 14.9 Å². The minimum atomic E-state index is -0.354. The normalized spacial score (nSPS) is 17.4. The summed E-state index contributed by atoms with van der Waals surface area (Å²) in [5, 5.41) is 9.63. The Morgan fingerprint density at radius 3 is 2.54 bits per heavy atom. The van der Waals surface area contributed by atoms with Crippen LogP contribution >= 0.6 is 0 Å².